The second kappa shape index (κ2) is 10.6. The normalized spacial score (nSPS) is 19.7. The van der Waals surface area contributed by atoms with Crippen molar-refractivity contribution in [2.45, 2.75) is 56.1 Å². The van der Waals surface area contributed by atoms with Crippen molar-refractivity contribution in [2.24, 2.45) is 0 Å². The smallest absolute Gasteiger partial charge is 0.266 e. The van der Waals surface area contributed by atoms with Crippen molar-refractivity contribution < 1.29 is 14.3 Å². The summed E-state index contributed by atoms with van der Waals surface area (Å²) in [5.74, 6) is 2.86. The minimum absolute atomic E-state index is 0.0176. The van der Waals surface area contributed by atoms with Crippen LogP contribution in [-0.2, 0) is 0 Å². The molecule has 2 aliphatic heterocycles. The fraction of sp³-hybridized carbons (Fsp3) is 0.344. The average molecular weight is 506 g/mol. The van der Waals surface area contributed by atoms with Crippen molar-refractivity contribution in [1.82, 2.24) is 9.46 Å². The summed E-state index contributed by atoms with van der Waals surface area (Å²) in [5, 5.41) is 0. The van der Waals surface area contributed by atoms with Gasteiger partial charge in [-0.05, 0) is 77.9 Å². The molecule has 194 valence electrons. The second-order valence-electron chi connectivity index (χ2n) is 10.8. The van der Waals surface area contributed by atoms with Crippen LogP contribution in [-0.4, -0.2) is 36.3 Å². The Morgan fingerprint density at radius 2 is 1.45 bits per heavy atom. The molecule has 5 nitrogen and oxygen atoms in total. The Labute approximate surface area is 225 Å². The molecule has 0 saturated carbocycles. The summed E-state index contributed by atoms with van der Waals surface area (Å²) in [6.07, 6.45) is 9.54. The predicted octanol–water partition coefficient (Wildman–Crippen LogP) is 7.19. The number of carbonyl (C=O) groups excluding carboxylic acids is 1. The van der Waals surface area contributed by atoms with Gasteiger partial charge in [0.05, 0.1) is 25.8 Å². The van der Waals surface area contributed by atoms with Crippen molar-refractivity contribution in [3.8, 4) is 11.5 Å². The van der Waals surface area contributed by atoms with Gasteiger partial charge in [0.2, 0.25) is 5.78 Å². The Balaban J connectivity index is 1.52. The highest BCUT2D eigenvalue weighted by Gasteiger charge is 2.44. The number of ketones is 1. The lowest BCUT2D eigenvalue weighted by molar-refractivity contribution is 0.103. The van der Waals surface area contributed by atoms with Crippen LogP contribution in [0.5, 0.6) is 11.5 Å². The third kappa shape index (κ3) is 4.46. The molecule has 2 aliphatic rings. The van der Waals surface area contributed by atoms with Crippen molar-refractivity contribution in [3.05, 3.63) is 107 Å². The number of hydrogen-bond donors (Lipinski definition) is 1. The molecule has 0 amide bonds. The largest absolute Gasteiger partial charge is 0.497 e. The summed E-state index contributed by atoms with van der Waals surface area (Å²) in [6.45, 7) is 0.343. The lowest BCUT2D eigenvalue weighted by atomic mass is 9.34. The maximum Gasteiger partial charge on any atom is 0.266 e. The highest BCUT2D eigenvalue weighted by atomic mass is 16.5. The average Bonchev–Trinajstić information content (AvgIpc) is 3.64. The molecule has 1 unspecified atom stereocenters. The van der Waals surface area contributed by atoms with Crippen LogP contribution >= 0.6 is 0 Å². The summed E-state index contributed by atoms with van der Waals surface area (Å²) < 4.78 is 13.2. The number of nitrogens with one attached hydrogen (secondary N) is 1. The highest BCUT2D eigenvalue weighted by molar-refractivity contribution is 6.61. The van der Waals surface area contributed by atoms with Crippen molar-refractivity contribution in [1.29, 1.82) is 0 Å². The maximum absolute atomic E-state index is 14.1. The molecule has 2 bridgehead atoms. The first-order valence-corrected chi connectivity index (χ1v) is 13.8. The summed E-state index contributed by atoms with van der Waals surface area (Å²) in [6, 6.07) is 24.3. The van der Waals surface area contributed by atoms with E-state index >= 15 is 0 Å². The van der Waals surface area contributed by atoms with E-state index in [1.54, 1.807) is 14.2 Å². The van der Waals surface area contributed by atoms with E-state index in [4.69, 9.17) is 9.47 Å². The van der Waals surface area contributed by atoms with Gasteiger partial charge < -0.3 is 18.9 Å². The molecule has 38 heavy (non-hydrogen) atoms. The number of carbonyl (C=O) groups is 1. The number of rotatable bonds is 8. The Morgan fingerprint density at radius 3 is 2.00 bits per heavy atom. The number of nitrogens with zero attached hydrogens (tertiary/aromatic N) is 1. The van der Waals surface area contributed by atoms with E-state index in [0.717, 1.165) is 22.9 Å². The quantitative estimate of drug-likeness (QED) is 0.203. The number of aromatic nitrogens is 2. The Bertz CT molecular complexity index is 1350. The summed E-state index contributed by atoms with van der Waals surface area (Å²) in [7, 11) is 3.34. The van der Waals surface area contributed by atoms with Crippen LogP contribution in [0.2, 0.25) is 11.6 Å². The van der Waals surface area contributed by atoms with E-state index in [1.807, 2.05) is 42.6 Å². The van der Waals surface area contributed by atoms with Gasteiger partial charge in [-0.15, -0.1) is 0 Å². The van der Waals surface area contributed by atoms with Gasteiger partial charge in [0, 0.05) is 23.1 Å². The molecule has 0 aliphatic carbocycles. The predicted molar refractivity (Wildman–Crippen MR) is 152 cm³/mol. The van der Waals surface area contributed by atoms with Gasteiger partial charge in [0.25, 0.3) is 6.85 Å². The molecule has 4 aromatic rings. The second-order valence-corrected chi connectivity index (χ2v) is 10.8. The number of methoxy groups -OCH3 is 2. The standard InChI is InChI=1S/C32H35BN2O3/c1-37-26-15-11-22(12-16-26)31(28-10-5-21-34-28)29-19-20-30(32(36)23-13-17-27(38-2)18-14-23)35(29)33-24-6-3-7-25(33)9-4-8-24/h5,10-21,24-25,31,34H,3-4,6-9H2,1-2H3. The van der Waals surface area contributed by atoms with Gasteiger partial charge in [-0.2, -0.15) is 0 Å². The number of ether oxygens (including phenoxy) is 2. The Hall–Kier alpha value is -3.67. The van der Waals surface area contributed by atoms with E-state index in [9.17, 15) is 4.79 Å². The molecule has 1 N–H and O–H groups in total. The summed E-state index contributed by atoms with van der Waals surface area (Å²) in [4.78, 5) is 17.6. The lowest BCUT2D eigenvalue weighted by Crippen LogP contribution is -2.43. The molecule has 0 radical (unpaired) electrons. The van der Waals surface area contributed by atoms with Gasteiger partial charge in [-0.3, -0.25) is 4.79 Å². The zero-order valence-corrected chi connectivity index (χ0v) is 22.2. The molecule has 0 spiro atoms. The minimum atomic E-state index is -0.0176. The van der Waals surface area contributed by atoms with Crippen LogP contribution in [0.4, 0.5) is 0 Å². The highest BCUT2D eigenvalue weighted by Crippen LogP contribution is 2.49. The molecule has 2 aromatic heterocycles. The first kappa shape index (κ1) is 24.7. The number of H-pyrrole nitrogens is 1. The van der Waals surface area contributed by atoms with Crippen LogP contribution in [0.15, 0.2) is 79.0 Å². The molecule has 6 rings (SSSR count). The number of hydrogen-bond acceptors (Lipinski definition) is 3. The number of aromatic amines is 1. The van der Waals surface area contributed by atoms with Gasteiger partial charge in [0.15, 0.2) is 0 Å². The summed E-state index contributed by atoms with van der Waals surface area (Å²) in [5.41, 5.74) is 4.96. The molecule has 2 fully saturated rings. The van der Waals surface area contributed by atoms with E-state index in [2.05, 4.69) is 45.9 Å². The first-order valence-electron chi connectivity index (χ1n) is 13.8. The van der Waals surface area contributed by atoms with E-state index in [0.29, 0.717) is 24.0 Å². The third-order valence-electron chi connectivity index (χ3n) is 8.78. The monoisotopic (exact) mass is 506 g/mol. The summed E-state index contributed by atoms with van der Waals surface area (Å²) >= 11 is 0. The van der Waals surface area contributed by atoms with E-state index in [-0.39, 0.29) is 11.7 Å². The fourth-order valence-electron chi connectivity index (χ4n) is 7.00. The first-order chi connectivity index (χ1) is 18.7. The zero-order valence-electron chi connectivity index (χ0n) is 22.2. The van der Waals surface area contributed by atoms with Crippen LogP contribution in [0.1, 0.15) is 77.4 Å². The van der Waals surface area contributed by atoms with Gasteiger partial charge in [-0.25, -0.2) is 0 Å². The molecule has 6 heteroatoms. The minimum Gasteiger partial charge on any atom is -0.497 e. The number of benzene rings is 2. The van der Waals surface area contributed by atoms with Gasteiger partial charge in [0.1, 0.15) is 11.5 Å². The van der Waals surface area contributed by atoms with Gasteiger partial charge in [-0.1, -0.05) is 50.7 Å². The van der Waals surface area contributed by atoms with Crippen LogP contribution in [0.3, 0.4) is 0 Å². The van der Waals surface area contributed by atoms with Crippen LogP contribution < -0.4 is 9.47 Å². The van der Waals surface area contributed by atoms with E-state index in [1.165, 1.54) is 49.8 Å². The molecule has 2 saturated heterocycles. The van der Waals surface area contributed by atoms with Crippen molar-refractivity contribution in [2.75, 3.05) is 14.2 Å². The third-order valence-corrected chi connectivity index (χ3v) is 8.78. The topological polar surface area (TPSA) is 56.2 Å². The number of fused-ring (bicyclic) bond motifs is 2. The van der Waals surface area contributed by atoms with Crippen molar-refractivity contribution in [3.63, 3.8) is 0 Å². The fourth-order valence-corrected chi connectivity index (χ4v) is 7.00. The van der Waals surface area contributed by atoms with Crippen molar-refractivity contribution >= 4 is 12.6 Å². The molecular weight excluding hydrogens is 471 g/mol. The SMILES string of the molecule is COc1ccc(C(=O)c2ccc(C(c3ccc(OC)cc3)c3ccc[nH]3)n2B2C3CCCC2CCC3)cc1. The Morgan fingerprint density at radius 1 is 0.842 bits per heavy atom. The lowest BCUT2D eigenvalue weighted by Gasteiger charge is -2.42. The zero-order chi connectivity index (χ0) is 26.1. The molecule has 4 heterocycles. The molecule has 2 aromatic carbocycles. The van der Waals surface area contributed by atoms with Crippen LogP contribution in [0.25, 0.3) is 0 Å². The maximum atomic E-state index is 14.1. The molecular formula is C32H35BN2O3. The van der Waals surface area contributed by atoms with Gasteiger partial charge >= 0.3 is 0 Å². The van der Waals surface area contributed by atoms with Crippen LogP contribution in [0, 0.1) is 0 Å². The molecule has 1 atom stereocenters. The Kier molecular flexibility index (Phi) is 6.88. The van der Waals surface area contributed by atoms with E-state index < -0.39 is 0 Å².